The second-order valence-electron chi connectivity index (χ2n) is 11.8. The molecule has 0 aliphatic heterocycles. The molecule has 0 heterocycles. The number of alkyl halides is 3. The molecule has 52 heavy (non-hydrogen) atoms. The van der Waals surface area contributed by atoms with Crippen LogP contribution in [0.4, 0.5) is 18.9 Å². The second-order valence-corrected chi connectivity index (χ2v) is 11.8. The molecule has 1 atom stereocenters. The van der Waals surface area contributed by atoms with Crippen LogP contribution in [0.25, 0.3) is 0 Å². The topological polar surface area (TPSA) is 140 Å². The van der Waals surface area contributed by atoms with Crippen LogP contribution in [0, 0.1) is 0 Å². The van der Waals surface area contributed by atoms with Gasteiger partial charge in [0.05, 0.1) is 18.6 Å². The van der Waals surface area contributed by atoms with E-state index < -0.39 is 48.3 Å². The Hall–Kier alpha value is -5.85. The Morgan fingerprint density at radius 2 is 1.40 bits per heavy atom. The zero-order valence-electron chi connectivity index (χ0n) is 28.4. The number of hydrogen-bond acceptors (Lipinski definition) is 7. The van der Waals surface area contributed by atoms with E-state index in [0.717, 1.165) is 18.9 Å². The molecule has 0 bridgehead atoms. The van der Waals surface area contributed by atoms with E-state index in [1.54, 1.807) is 36.4 Å². The Morgan fingerprint density at radius 1 is 0.769 bits per heavy atom. The first-order chi connectivity index (χ1) is 24.9. The van der Waals surface area contributed by atoms with E-state index in [0.29, 0.717) is 23.5 Å². The lowest BCUT2D eigenvalue weighted by Gasteiger charge is -2.15. The molecular weight excluding hydrogens is 681 g/mol. The first kappa shape index (κ1) is 38.9. The van der Waals surface area contributed by atoms with E-state index >= 15 is 0 Å². The standard InChI is InChI=1S/C39H39F3N2O8/c1-2-3-4-5-8-23-50-31-21-15-28(16-22-31)38(49)51-32-19-11-26(12-20-32)24-33(37(47)48)44-36(46)27-13-17-30(18-14-27)43-35(45)25-29-9-6-7-10-34(29)52-39(40,41)42/h6-7,9-22,33H,2-5,8,23-25H2,1H3,(H,43,45)(H,44,46)(H,47,48)/t33-/m0/s1. The number of para-hydroxylation sites is 1. The molecule has 3 N–H and O–H groups in total. The first-order valence-electron chi connectivity index (χ1n) is 16.7. The van der Waals surface area contributed by atoms with Gasteiger partial charge >= 0.3 is 18.3 Å². The third kappa shape index (κ3) is 12.8. The number of anilines is 1. The molecule has 0 spiro atoms. The van der Waals surface area contributed by atoms with E-state index in [4.69, 9.17) is 9.47 Å². The number of halogens is 3. The van der Waals surface area contributed by atoms with Gasteiger partial charge in [0.15, 0.2) is 0 Å². The third-order valence-electron chi connectivity index (χ3n) is 7.76. The van der Waals surface area contributed by atoms with Crippen molar-refractivity contribution in [2.24, 2.45) is 0 Å². The number of unbranched alkanes of at least 4 members (excludes halogenated alkanes) is 4. The van der Waals surface area contributed by atoms with Gasteiger partial charge in [0.2, 0.25) is 5.91 Å². The van der Waals surface area contributed by atoms with Gasteiger partial charge in [-0.25, -0.2) is 9.59 Å². The van der Waals surface area contributed by atoms with Crippen LogP contribution in [0.15, 0.2) is 97.1 Å². The molecule has 4 rings (SSSR count). The summed E-state index contributed by atoms with van der Waals surface area (Å²) < 4.78 is 53.3. The minimum Gasteiger partial charge on any atom is -0.494 e. The molecule has 0 unspecified atom stereocenters. The molecular formula is C39H39F3N2O8. The zero-order chi connectivity index (χ0) is 37.5. The van der Waals surface area contributed by atoms with Gasteiger partial charge in [-0.1, -0.05) is 62.9 Å². The number of amides is 2. The van der Waals surface area contributed by atoms with Gasteiger partial charge in [-0.15, -0.1) is 13.2 Å². The Labute approximate surface area is 298 Å². The maximum absolute atomic E-state index is 12.9. The average Bonchev–Trinajstić information content (AvgIpc) is 3.11. The number of ether oxygens (including phenoxy) is 3. The van der Waals surface area contributed by atoms with Gasteiger partial charge in [0.25, 0.3) is 5.91 Å². The SMILES string of the molecule is CCCCCCCOc1ccc(C(=O)Oc2ccc(C[C@H](NC(=O)c3ccc(NC(=O)Cc4ccccc4OC(F)(F)F)cc3)C(=O)O)cc2)cc1. The Bertz CT molecular complexity index is 1790. The van der Waals surface area contributed by atoms with Crippen LogP contribution in [0.5, 0.6) is 17.2 Å². The lowest BCUT2D eigenvalue weighted by molar-refractivity contribution is -0.274. The molecule has 0 saturated heterocycles. The van der Waals surface area contributed by atoms with Gasteiger partial charge in [0.1, 0.15) is 23.3 Å². The van der Waals surface area contributed by atoms with Crippen LogP contribution in [-0.2, 0) is 22.4 Å². The summed E-state index contributed by atoms with van der Waals surface area (Å²) in [4.78, 5) is 50.0. The summed E-state index contributed by atoms with van der Waals surface area (Å²) in [5.74, 6) is -2.71. The van der Waals surface area contributed by atoms with Crippen molar-refractivity contribution in [3.63, 3.8) is 0 Å². The van der Waals surface area contributed by atoms with E-state index in [-0.39, 0.29) is 29.0 Å². The lowest BCUT2D eigenvalue weighted by Crippen LogP contribution is -2.42. The summed E-state index contributed by atoms with van der Waals surface area (Å²) in [7, 11) is 0. The number of benzene rings is 4. The summed E-state index contributed by atoms with van der Waals surface area (Å²) in [6.45, 7) is 2.77. The second kappa shape index (κ2) is 18.9. The molecule has 4 aromatic carbocycles. The Balaban J connectivity index is 1.25. The smallest absolute Gasteiger partial charge is 0.494 e. The number of carbonyl (C=O) groups excluding carboxylic acids is 3. The minimum absolute atomic E-state index is 0.0269. The fourth-order valence-corrected chi connectivity index (χ4v) is 5.08. The summed E-state index contributed by atoms with van der Waals surface area (Å²) in [6, 6.07) is 22.4. The summed E-state index contributed by atoms with van der Waals surface area (Å²) >= 11 is 0. The summed E-state index contributed by atoms with van der Waals surface area (Å²) in [5.41, 5.74) is 1.30. The normalized spacial score (nSPS) is 11.6. The van der Waals surface area contributed by atoms with Crippen molar-refractivity contribution < 1.29 is 51.7 Å². The maximum Gasteiger partial charge on any atom is 0.573 e. The highest BCUT2D eigenvalue weighted by molar-refractivity contribution is 5.98. The first-order valence-corrected chi connectivity index (χ1v) is 16.7. The van der Waals surface area contributed by atoms with Crippen LogP contribution in [0.2, 0.25) is 0 Å². The number of esters is 1. The monoisotopic (exact) mass is 720 g/mol. The van der Waals surface area contributed by atoms with Crippen molar-refractivity contribution in [1.82, 2.24) is 5.32 Å². The summed E-state index contributed by atoms with van der Waals surface area (Å²) in [5, 5.41) is 14.8. The average molecular weight is 721 g/mol. The Morgan fingerprint density at radius 3 is 2.06 bits per heavy atom. The molecule has 0 radical (unpaired) electrons. The molecule has 10 nitrogen and oxygen atoms in total. The van der Waals surface area contributed by atoms with Gasteiger partial charge in [-0.3, -0.25) is 9.59 Å². The number of rotatable bonds is 18. The fraction of sp³-hybridized carbons (Fsp3) is 0.282. The highest BCUT2D eigenvalue weighted by atomic mass is 19.4. The van der Waals surface area contributed by atoms with Crippen molar-refractivity contribution in [2.75, 3.05) is 11.9 Å². The molecule has 0 aromatic heterocycles. The predicted octanol–water partition coefficient (Wildman–Crippen LogP) is 7.76. The van der Waals surface area contributed by atoms with Crippen molar-refractivity contribution in [1.29, 1.82) is 0 Å². The van der Waals surface area contributed by atoms with E-state index in [2.05, 4.69) is 22.3 Å². The third-order valence-corrected chi connectivity index (χ3v) is 7.76. The van der Waals surface area contributed by atoms with Crippen LogP contribution in [0.3, 0.4) is 0 Å². The molecule has 0 aliphatic rings. The number of carboxylic acid groups (broad SMARTS) is 1. The molecule has 0 saturated carbocycles. The molecule has 4 aromatic rings. The Kier molecular flexibility index (Phi) is 14.2. The van der Waals surface area contributed by atoms with Crippen molar-refractivity contribution in [3.05, 3.63) is 119 Å². The quantitative estimate of drug-likeness (QED) is 0.0539. The largest absolute Gasteiger partial charge is 0.573 e. The number of carbonyl (C=O) groups is 4. The van der Waals surface area contributed by atoms with Crippen molar-refractivity contribution in [3.8, 4) is 17.2 Å². The van der Waals surface area contributed by atoms with Crippen molar-refractivity contribution in [2.45, 2.75) is 64.3 Å². The maximum atomic E-state index is 12.9. The molecule has 274 valence electrons. The highest BCUT2D eigenvalue weighted by Gasteiger charge is 2.32. The van der Waals surface area contributed by atoms with Crippen LogP contribution < -0.4 is 24.8 Å². The molecule has 2 amide bonds. The van der Waals surface area contributed by atoms with Gasteiger partial charge in [-0.05, 0) is 78.7 Å². The van der Waals surface area contributed by atoms with Gasteiger partial charge < -0.3 is 30.0 Å². The van der Waals surface area contributed by atoms with Crippen LogP contribution >= 0.6 is 0 Å². The number of hydrogen-bond donors (Lipinski definition) is 3. The predicted molar refractivity (Wildman–Crippen MR) is 187 cm³/mol. The van der Waals surface area contributed by atoms with Gasteiger partial charge in [-0.2, -0.15) is 0 Å². The van der Waals surface area contributed by atoms with E-state index in [1.807, 2.05) is 0 Å². The minimum atomic E-state index is -4.92. The zero-order valence-corrected chi connectivity index (χ0v) is 28.4. The van der Waals surface area contributed by atoms with Crippen LogP contribution in [0.1, 0.15) is 70.9 Å². The lowest BCUT2D eigenvalue weighted by atomic mass is 10.0. The van der Waals surface area contributed by atoms with Crippen molar-refractivity contribution >= 4 is 29.4 Å². The fourth-order valence-electron chi connectivity index (χ4n) is 5.08. The molecule has 0 aliphatic carbocycles. The molecule has 13 heteroatoms. The summed E-state index contributed by atoms with van der Waals surface area (Å²) in [6.07, 6.45) is 0.272. The molecule has 0 fully saturated rings. The van der Waals surface area contributed by atoms with Gasteiger partial charge in [0, 0.05) is 23.2 Å². The van der Waals surface area contributed by atoms with Crippen LogP contribution in [-0.4, -0.2) is 47.9 Å². The number of carboxylic acids is 1. The van der Waals surface area contributed by atoms with E-state index in [1.165, 1.54) is 73.9 Å². The van der Waals surface area contributed by atoms with E-state index in [9.17, 15) is 37.5 Å². The number of nitrogens with one attached hydrogen (secondary N) is 2. The highest BCUT2D eigenvalue weighted by Crippen LogP contribution is 2.27. The number of aliphatic carboxylic acids is 1.